The maximum Gasteiger partial charge on any atom is 0.419 e. The summed E-state index contributed by atoms with van der Waals surface area (Å²) in [4.78, 5) is 3.58. The van der Waals surface area contributed by atoms with Crippen molar-refractivity contribution in [1.29, 1.82) is 0 Å². The Morgan fingerprint density at radius 3 is 2.54 bits per heavy atom. The van der Waals surface area contributed by atoms with Crippen molar-refractivity contribution in [3.63, 3.8) is 0 Å². The van der Waals surface area contributed by atoms with Crippen LogP contribution in [0.1, 0.15) is 11.7 Å². The first kappa shape index (κ1) is 10.7. The molecule has 0 bridgehead atoms. The fourth-order valence-corrected chi connectivity index (χ4v) is 1.40. The summed E-state index contributed by atoms with van der Waals surface area (Å²) in [6.07, 6.45) is -3.76. The SMILES string of the molecule is FC(F)(F)C(OI)c1cccnc1. The standard InChI is InChI=1S/C7H5F3INO/c8-7(9,10)6(13-11)5-2-1-3-12-4-5/h1-4,6H. The quantitative estimate of drug-likeness (QED) is 0.783. The van der Waals surface area contributed by atoms with Gasteiger partial charge in [0.05, 0.1) is 0 Å². The Morgan fingerprint density at radius 2 is 2.15 bits per heavy atom. The largest absolute Gasteiger partial charge is 0.419 e. The van der Waals surface area contributed by atoms with Crippen molar-refractivity contribution in [1.82, 2.24) is 4.98 Å². The van der Waals surface area contributed by atoms with Crippen molar-refractivity contribution in [3.8, 4) is 0 Å². The van der Waals surface area contributed by atoms with Gasteiger partial charge in [-0.05, 0) is 6.07 Å². The summed E-state index contributed by atoms with van der Waals surface area (Å²) >= 11 is 1.23. The molecule has 1 aromatic heterocycles. The summed E-state index contributed by atoms with van der Waals surface area (Å²) in [7, 11) is 0. The highest BCUT2D eigenvalue weighted by Crippen LogP contribution is 2.36. The van der Waals surface area contributed by atoms with E-state index in [2.05, 4.69) is 8.05 Å². The second kappa shape index (κ2) is 4.23. The van der Waals surface area contributed by atoms with Crippen molar-refractivity contribution in [2.24, 2.45) is 0 Å². The molecule has 0 saturated carbocycles. The number of hydrogen-bond donors (Lipinski definition) is 0. The van der Waals surface area contributed by atoms with Crippen molar-refractivity contribution >= 4 is 23.0 Å². The Kier molecular flexibility index (Phi) is 3.48. The van der Waals surface area contributed by atoms with E-state index in [1.807, 2.05) is 0 Å². The predicted molar refractivity (Wildman–Crippen MR) is 48.1 cm³/mol. The molecule has 13 heavy (non-hydrogen) atoms. The summed E-state index contributed by atoms with van der Waals surface area (Å²) in [6.45, 7) is 0. The molecule has 0 radical (unpaired) electrons. The lowest BCUT2D eigenvalue weighted by Crippen LogP contribution is -2.20. The second-order valence-corrected chi connectivity index (χ2v) is 2.81. The topological polar surface area (TPSA) is 22.1 Å². The smallest absolute Gasteiger partial charge is 0.298 e. The Morgan fingerprint density at radius 1 is 1.46 bits per heavy atom. The lowest BCUT2D eigenvalue weighted by atomic mass is 10.1. The Balaban J connectivity index is 2.92. The average Bonchev–Trinajstić information content (AvgIpc) is 2.05. The van der Waals surface area contributed by atoms with E-state index in [1.54, 1.807) is 0 Å². The third-order valence-electron chi connectivity index (χ3n) is 1.37. The number of pyridine rings is 1. The van der Waals surface area contributed by atoms with Crippen LogP contribution >= 0.6 is 23.0 Å². The van der Waals surface area contributed by atoms with Crippen LogP contribution in [0.4, 0.5) is 13.2 Å². The van der Waals surface area contributed by atoms with Crippen molar-refractivity contribution in [3.05, 3.63) is 30.1 Å². The normalized spacial score (nSPS) is 14.2. The number of halogens is 4. The lowest BCUT2D eigenvalue weighted by Gasteiger charge is -2.16. The minimum absolute atomic E-state index is 0.00407. The molecule has 0 fully saturated rings. The van der Waals surface area contributed by atoms with Gasteiger partial charge < -0.3 is 0 Å². The predicted octanol–water partition coefficient (Wildman–Crippen LogP) is 3.05. The zero-order chi connectivity index (χ0) is 9.90. The number of nitrogens with zero attached hydrogens (tertiary/aromatic N) is 1. The van der Waals surface area contributed by atoms with Crippen LogP contribution in [0.15, 0.2) is 24.5 Å². The van der Waals surface area contributed by atoms with Gasteiger partial charge >= 0.3 is 6.18 Å². The number of rotatable bonds is 2. The Labute approximate surface area is 86.8 Å². The Hall–Kier alpha value is -0.370. The highest BCUT2D eigenvalue weighted by molar-refractivity contribution is 14.1. The van der Waals surface area contributed by atoms with Gasteiger partial charge in [0, 0.05) is 18.0 Å². The first-order valence-corrected chi connectivity index (χ1v) is 4.18. The van der Waals surface area contributed by atoms with Gasteiger partial charge in [-0.3, -0.25) is 8.05 Å². The molecule has 0 amide bonds. The molecule has 1 heterocycles. The number of alkyl halides is 3. The van der Waals surface area contributed by atoms with Gasteiger partial charge in [0.15, 0.2) is 6.10 Å². The lowest BCUT2D eigenvalue weighted by molar-refractivity contribution is -0.189. The fourth-order valence-electron chi connectivity index (χ4n) is 0.822. The fraction of sp³-hybridized carbons (Fsp3) is 0.286. The molecular weight excluding hydrogens is 298 g/mol. The van der Waals surface area contributed by atoms with E-state index < -0.39 is 12.3 Å². The van der Waals surface area contributed by atoms with Crippen LogP contribution < -0.4 is 0 Å². The molecule has 0 aromatic carbocycles. The van der Waals surface area contributed by atoms with E-state index in [9.17, 15) is 13.2 Å². The maximum atomic E-state index is 12.2. The van der Waals surface area contributed by atoms with Crippen molar-refractivity contribution in [2.45, 2.75) is 12.3 Å². The third kappa shape index (κ3) is 2.80. The van der Waals surface area contributed by atoms with E-state index >= 15 is 0 Å². The van der Waals surface area contributed by atoms with Crippen molar-refractivity contribution < 1.29 is 16.2 Å². The molecule has 0 spiro atoms. The van der Waals surface area contributed by atoms with Gasteiger partial charge in [-0.25, -0.2) is 0 Å². The van der Waals surface area contributed by atoms with Crippen LogP contribution in [0.25, 0.3) is 0 Å². The molecule has 2 nitrogen and oxygen atoms in total. The highest BCUT2D eigenvalue weighted by atomic mass is 127. The average molecular weight is 303 g/mol. The van der Waals surface area contributed by atoms with Gasteiger partial charge in [0.25, 0.3) is 0 Å². The molecule has 1 unspecified atom stereocenters. The summed E-state index contributed by atoms with van der Waals surface area (Å²) < 4.78 is 41.1. The molecule has 0 aliphatic rings. The zero-order valence-electron chi connectivity index (χ0n) is 6.25. The van der Waals surface area contributed by atoms with Crippen LogP contribution in [-0.4, -0.2) is 11.2 Å². The van der Waals surface area contributed by atoms with E-state index in [4.69, 9.17) is 0 Å². The molecule has 0 saturated heterocycles. The molecule has 1 rings (SSSR count). The minimum atomic E-state index is -4.40. The van der Waals surface area contributed by atoms with E-state index in [0.29, 0.717) is 0 Å². The van der Waals surface area contributed by atoms with E-state index in [-0.39, 0.29) is 5.56 Å². The summed E-state index contributed by atoms with van der Waals surface area (Å²) in [6, 6.07) is 2.76. The van der Waals surface area contributed by atoms with Gasteiger partial charge in [-0.15, -0.1) is 0 Å². The molecule has 0 aliphatic carbocycles. The van der Waals surface area contributed by atoms with Crippen LogP contribution in [-0.2, 0) is 3.07 Å². The maximum absolute atomic E-state index is 12.2. The van der Waals surface area contributed by atoms with Crippen LogP contribution in [0.5, 0.6) is 0 Å². The first-order valence-electron chi connectivity index (χ1n) is 3.29. The Bertz CT molecular complexity index is 264. The molecule has 1 aromatic rings. The van der Waals surface area contributed by atoms with E-state index in [0.717, 1.165) is 6.20 Å². The minimum Gasteiger partial charge on any atom is -0.298 e. The monoisotopic (exact) mass is 303 g/mol. The van der Waals surface area contributed by atoms with E-state index in [1.165, 1.54) is 41.3 Å². The van der Waals surface area contributed by atoms with Crippen LogP contribution in [0.2, 0.25) is 0 Å². The third-order valence-corrected chi connectivity index (χ3v) is 1.88. The number of hydrogen-bond acceptors (Lipinski definition) is 2. The van der Waals surface area contributed by atoms with Gasteiger partial charge in [0.2, 0.25) is 0 Å². The number of aromatic nitrogens is 1. The van der Waals surface area contributed by atoms with Crippen molar-refractivity contribution in [2.75, 3.05) is 0 Å². The molecule has 72 valence electrons. The van der Waals surface area contributed by atoms with Crippen LogP contribution in [0, 0.1) is 0 Å². The van der Waals surface area contributed by atoms with Crippen LogP contribution in [0.3, 0.4) is 0 Å². The summed E-state index contributed by atoms with van der Waals surface area (Å²) in [5.74, 6) is 0. The summed E-state index contributed by atoms with van der Waals surface area (Å²) in [5, 5.41) is 0. The molecule has 0 aliphatic heterocycles. The zero-order valence-corrected chi connectivity index (χ0v) is 8.41. The summed E-state index contributed by atoms with van der Waals surface area (Å²) in [5.41, 5.74) is 0.00407. The molecule has 6 heteroatoms. The highest BCUT2D eigenvalue weighted by Gasteiger charge is 2.41. The van der Waals surface area contributed by atoms with Gasteiger partial charge in [-0.1, -0.05) is 6.07 Å². The first-order chi connectivity index (χ1) is 6.05. The van der Waals surface area contributed by atoms with Gasteiger partial charge in [-0.2, -0.15) is 13.2 Å². The van der Waals surface area contributed by atoms with Gasteiger partial charge in [0.1, 0.15) is 23.0 Å². The second-order valence-electron chi connectivity index (χ2n) is 2.30. The molecular formula is C7H5F3INO. The molecule has 1 atom stereocenters. The molecule has 0 N–H and O–H groups in total.